The Morgan fingerprint density at radius 1 is 0.833 bits per heavy atom. The number of ether oxygens (including phenoxy) is 1. The molecule has 24 heavy (non-hydrogen) atoms. The molecule has 0 bridgehead atoms. The van der Waals surface area contributed by atoms with E-state index in [0.29, 0.717) is 12.8 Å². The van der Waals surface area contributed by atoms with Gasteiger partial charge in [0.15, 0.2) is 0 Å². The molecule has 20 radical (unpaired) electrons. The van der Waals surface area contributed by atoms with E-state index in [4.69, 9.17) is 83.2 Å². The maximum Gasteiger partial charge on any atom is 0.0996 e. The van der Waals surface area contributed by atoms with Crippen LogP contribution < -0.4 is 0 Å². The lowest BCUT2D eigenvalue weighted by Gasteiger charge is -2.76. The van der Waals surface area contributed by atoms with Crippen molar-refractivity contribution in [3.8, 4) is 0 Å². The van der Waals surface area contributed by atoms with Crippen molar-refractivity contribution in [2.45, 2.75) is 66.8 Å². The van der Waals surface area contributed by atoms with Crippen LogP contribution >= 0.6 is 0 Å². The minimum absolute atomic E-state index is 0.557. The maximum absolute atomic E-state index is 6.47. The van der Waals surface area contributed by atoms with Gasteiger partial charge in [0.05, 0.1) is 78.5 Å². The number of hydrogen-bond acceptors (Lipinski definition) is 2. The predicted molar refractivity (Wildman–Crippen MR) is 107 cm³/mol. The first-order valence-corrected chi connectivity index (χ1v) is 7.84. The summed E-state index contributed by atoms with van der Waals surface area (Å²) in [5.74, 6) is 0. The molecule has 0 saturated carbocycles. The van der Waals surface area contributed by atoms with Gasteiger partial charge in [0.1, 0.15) is 0 Å². The lowest BCUT2D eigenvalue weighted by molar-refractivity contribution is -0.138. The highest BCUT2D eigenvalue weighted by Gasteiger charge is 2.62. The lowest BCUT2D eigenvalue weighted by atomic mass is 9.27. The normalized spacial score (nSPS) is 28.0. The molecule has 0 amide bonds. The molecule has 0 aromatic rings. The molecule has 0 spiro atoms. The maximum atomic E-state index is 6.47. The molecule has 104 valence electrons. The van der Waals surface area contributed by atoms with E-state index in [1.54, 1.807) is 0 Å². The summed E-state index contributed by atoms with van der Waals surface area (Å²) in [4.78, 5) is 0.968. The SMILES string of the molecule is [B]C1([B])OC([B])([B])C([B])([B])N(C([B])([B])C(C)(CC)CCC)C1([B])[B]. The van der Waals surface area contributed by atoms with Crippen LogP contribution in [0.5, 0.6) is 0 Å². The van der Waals surface area contributed by atoms with Crippen LogP contribution in [0.25, 0.3) is 0 Å². The fourth-order valence-electron chi connectivity index (χ4n) is 3.19. The predicted octanol–water partition coefficient (Wildman–Crippen LogP) is -2.51. The zero-order chi connectivity index (χ0) is 19.4. The summed E-state index contributed by atoms with van der Waals surface area (Å²) in [7, 11) is 61.0. The van der Waals surface area contributed by atoms with E-state index in [1.165, 1.54) is 0 Å². The standard InChI is InChI=1S/C12H15B10NO/c1-4-6-7(3,5-2)8(13,14)23-9(15,16)11(19,20)24-12(21,22)10(23,17)18/h4-6H2,1-3H3. The largest absolute Gasteiger partial charge is 0.406 e. The lowest BCUT2D eigenvalue weighted by Crippen LogP contribution is -2.90. The van der Waals surface area contributed by atoms with Crippen molar-refractivity contribution in [2.24, 2.45) is 5.41 Å². The third-order valence-corrected chi connectivity index (χ3v) is 5.25. The summed E-state index contributed by atoms with van der Waals surface area (Å²) in [6.07, 6.45) is 1.95. The minimum Gasteiger partial charge on any atom is -0.406 e. The van der Waals surface area contributed by atoms with E-state index in [1.807, 2.05) is 20.8 Å². The highest BCUT2D eigenvalue weighted by Crippen LogP contribution is 2.49. The molecule has 1 unspecified atom stereocenters. The fourth-order valence-corrected chi connectivity index (χ4v) is 3.19. The van der Waals surface area contributed by atoms with Gasteiger partial charge < -0.3 is 9.64 Å². The summed E-state index contributed by atoms with van der Waals surface area (Å²) >= 11 is 0. The average molecular weight is 297 g/mol. The third-order valence-electron chi connectivity index (χ3n) is 5.25. The molecule has 0 aromatic heterocycles. The van der Waals surface area contributed by atoms with Gasteiger partial charge in [-0.3, -0.25) is 0 Å². The van der Waals surface area contributed by atoms with Crippen LogP contribution in [0.15, 0.2) is 0 Å². The van der Waals surface area contributed by atoms with Crippen molar-refractivity contribution in [2.75, 3.05) is 0 Å². The average Bonchev–Trinajstić information content (AvgIpc) is 2.34. The van der Waals surface area contributed by atoms with Crippen molar-refractivity contribution in [1.82, 2.24) is 4.90 Å². The zero-order valence-corrected chi connectivity index (χ0v) is 14.8. The summed E-state index contributed by atoms with van der Waals surface area (Å²) in [5, 5.41) is -10.6. The Morgan fingerprint density at radius 2 is 1.21 bits per heavy atom. The van der Waals surface area contributed by atoms with Crippen LogP contribution in [0.1, 0.15) is 40.0 Å². The van der Waals surface area contributed by atoms with Crippen LogP contribution in [0.4, 0.5) is 0 Å². The number of morpholine rings is 1. The first kappa shape index (κ1) is 22.6. The smallest absolute Gasteiger partial charge is 0.0996 e. The van der Waals surface area contributed by atoms with Crippen LogP contribution in [0, 0.1) is 5.41 Å². The van der Waals surface area contributed by atoms with E-state index in [9.17, 15) is 0 Å². The number of hydrogen-bond donors (Lipinski definition) is 0. The molecule has 1 aliphatic heterocycles. The van der Waals surface area contributed by atoms with Gasteiger partial charge >= 0.3 is 0 Å². The quantitative estimate of drug-likeness (QED) is 0.520. The fraction of sp³-hybridized carbons (Fsp3) is 1.00. The van der Waals surface area contributed by atoms with Crippen LogP contribution in [0.3, 0.4) is 0 Å². The second-order valence-corrected chi connectivity index (χ2v) is 7.16. The number of nitrogens with zero attached hydrogens (tertiary/aromatic N) is 1. The molecule has 0 N–H and O–H groups in total. The molecule has 0 aromatic carbocycles. The first-order valence-electron chi connectivity index (χ1n) is 7.84. The van der Waals surface area contributed by atoms with Crippen molar-refractivity contribution >= 4 is 78.5 Å². The van der Waals surface area contributed by atoms with Crippen LogP contribution in [-0.2, 0) is 4.74 Å². The Bertz CT molecular complexity index is 454. The zero-order valence-electron chi connectivity index (χ0n) is 14.8. The third kappa shape index (κ3) is 3.06. The summed E-state index contributed by atoms with van der Waals surface area (Å²) in [6, 6.07) is 0. The molecule has 1 rings (SSSR count). The Kier molecular flexibility index (Phi) is 5.96. The second kappa shape index (κ2) is 6.32. The van der Waals surface area contributed by atoms with Crippen molar-refractivity contribution in [1.29, 1.82) is 0 Å². The van der Waals surface area contributed by atoms with Gasteiger partial charge in [-0.2, -0.15) is 0 Å². The van der Waals surface area contributed by atoms with Gasteiger partial charge in [-0.1, -0.05) is 39.0 Å². The molecular formula is C12H15B10NO. The van der Waals surface area contributed by atoms with E-state index >= 15 is 0 Å². The summed E-state index contributed by atoms with van der Waals surface area (Å²) in [6.45, 7) is 5.73. The Labute approximate surface area is 160 Å². The van der Waals surface area contributed by atoms with E-state index in [2.05, 4.69) is 0 Å². The molecule has 1 aliphatic rings. The van der Waals surface area contributed by atoms with Gasteiger partial charge in [-0.15, -0.1) is 0 Å². The molecule has 2 nitrogen and oxygen atoms in total. The molecular weight excluding hydrogens is 282 g/mol. The van der Waals surface area contributed by atoms with E-state index < -0.39 is 32.2 Å². The molecule has 0 aliphatic carbocycles. The topological polar surface area (TPSA) is 12.5 Å². The summed E-state index contributed by atoms with van der Waals surface area (Å²) < 4.78 is 5.18. The van der Waals surface area contributed by atoms with Crippen molar-refractivity contribution in [3.63, 3.8) is 0 Å². The van der Waals surface area contributed by atoms with Crippen LogP contribution in [-0.4, -0.2) is 110 Å². The monoisotopic (exact) mass is 299 g/mol. The van der Waals surface area contributed by atoms with Crippen molar-refractivity contribution < 1.29 is 4.74 Å². The highest BCUT2D eigenvalue weighted by molar-refractivity contribution is 6.60. The Balaban J connectivity index is 3.65. The Morgan fingerprint density at radius 3 is 1.50 bits per heavy atom. The molecule has 1 saturated heterocycles. The van der Waals surface area contributed by atoms with Gasteiger partial charge in [0.25, 0.3) is 0 Å². The summed E-state index contributed by atoms with van der Waals surface area (Å²) in [5.41, 5.74) is -0.723. The van der Waals surface area contributed by atoms with E-state index in [0.717, 1.165) is 11.3 Å². The molecule has 1 fully saturated rings. The first-order chi connectivity index (χ1) is 10.4. The van der Waals surface area contributed by atoms with Crippen molar-refractivity contribution in [3.05, 3.63) is 0 Å². The minimum atomic E-state index is -2.23. The highest BCUT2D eigenvalue weighted by atomic mass is 16.5. The molecule has 12 heteroatoms. The van der Waals surface area contributed by atoms with E-state index in [-0.39, 0.29) is 0 Å². The van der Waals surface area contributed by atoms with Gasteiger partial charge in [-0.25, -0.2) is 0 Å². The second-order valence-electron chi connectivity index (χ2n) is 7.16. The van der Waals surface area contributed by atoms with Gasteiger partial charge in [0, 0.05) is 0 Å². The van der Waals surface area contributed by atoms with Crippen LogP contribution in [0.2, 0.25) is 0 Å². The number of rotatable bonds is 5. The molecule has 1 heterocycles. The van der Waals surface area contributed by atoms with Gasteiger partial charge in [-0.05, 0) is 33.3 Å². The molecule has 1 atom stereocenters. The van der Waals surface area contributed by atoms with Gasteiger partial charge in [0.2, 0.25) is 0 Å². The Hall–Kier alpha value is 0.569.